The number of benzene rings is 2. The van der Waals surface area contributed by atoms with Crippen molar-refractivity contribution in [1.29, 1.82) is 0 Å². The van der Waals surface area contributed by atoms with E-state index in [0.717, 1.165) is 0 Å². The minimum Gasteiger partial charge on any atom is -0.497 e. The molecule has 0 aliphatic carbocycles. The number of amides is 1. The molecule has 122 valence electrons. The summed E-state index contributed by atoms with van der Waals surface area (Å²) in [7, 11) is 3.04. The van der Waals surface area contributed by atoms with Crippen molar-refractivity contribution in [3.05, 3.63) is 58.5 Å². The molecule has 1 amide bonds. The van der Waals surface area contributed by atoms with Crippen LogP contribution in [0.2, 0.25) is 0 Å². The van der Waals surface area contributed by atoms with E-state index in [4.69, 9.17) is 9.47 Å². The Kier molecular flexibility index (Phi) is 4.15. The number of methoxy groups -OCH3 is 2. The van der Waals surface area contributed by atoms with Crippen molar-refractivity contribution < 1.29 is 14.3 Å². The average molecular weight is 325 g/mol. The van der Waals surface area contributed by atoms with Gasteiger partial charge >= 0.3 is 0 Å². The Morgan fingerprint density at radius 3 is 2.54 bits per heavy atom. The van der Waals surface area contributed by atoms with Gasteiger partial charge in [-0.15, -0.1) is 0 Å². The number of nitrogens with one attached hydrogen (secondary N) is 2. The van der Waals surface area contributed by atoms with Crippen LogP contribution >= 0.6 is 0 Å². The van der Waals surface area contributed by atoms with Crippen LogP contribution in [0, 0.1) is 0 Å². The van der Waals surface area contributed by atoms with Crippen molar-refractivity contribution in [3.8, 4) is 11.5 Å². The number of nitrogens with zero attached hydrogens (tertiary/aromatic N) is 1. The SMILES string of the molecule is COc1ccc(OC)c(NC(=O)c2n[nH]c(=O)c3ccccc23)c1. The maximum atomic E-state index is 12.6. The molecule has 0 aliphatic rings. The molecule has 0 saturated carbocycles. The van der Waals surface area contributed by atoms with E-state index in [1.54, 1.807) is 42.5 Å². The maximum Gasteiger partial charge on any atom is 0.276 e. The number of fused-ring (bicyclic) bond motifs is 1. The van der Waals surface area contributed by atoms with Crippen molar-refractivity contribution in [2.24, 2.45) is 0 Å². The minimum atomic E-state index is -0.464. The molecule has 0 atom stereocenters. The molecular formula is C17H15N3O4. The van der Waals surface area contributed by atoms with Gasteiger partial charge in [0.25, 0.3) is 11.5 Å². The first-order valence-electron chi connectivity index (χ1n) is 7.15. The lowest BCUT2D eigenvalue weighted by Gasteiger charge is -2.12. The number of anilines is 1. The molecule has 24 heavy (non-hydrogen) atoms. The molecule has 7 nitrogen and oxygen atoms in total. The Morgan fingerprint density at radius 1 is 1.08 bits per heavy atom. The maximum absolute atomic E-state index is 12.6. The van der Waals surface area contributed by atoms with Crippen molar-refractivity contribution in [2.75, 3.05) is 19.5 Å². The number of ether oxygens (including phenoxy) is 2. The average Bonchev–Trinajstić information content (AvgIpc) is 2.62. The number of hydrogen-bond acceptors (Lipinski definition) is 5. The quantitative estimate of drug-likeness (QED) is 0.767. The van der Waals surface area contributed by atoms with Crippen LogP contribution in [0.4, 0.5) is 5.69 Å². The van der Waals surface area contributed by atoms with Crippen molar-refractivity contribution in [2.45, 2.75) is 0 Å². The van der Waals surface area contributed by atoms with Crippen molar-refractivity contribution in [1.82, 2.24) is 10.2 Å². The molecule has 1 aromatic heterocycles. The summed E-state index contributed by atoms with van der Waals surface area (Å²) in [6, 6.07) is 11.8. The molecule has 2 N–H and O–H groups in total. The van der Waals surface area contributed by atoms with Gasteiger partial charge in [0.05, 0.1) is 25.3 Å². The Morgan fingerprint density at radius 2 is 1.83 bits per heavy atom. The minimum absolute atomic E-state index is 0.120. The fourth-order valence-electron chi connectivity index (χ4n) is 2.38. The van der Waals surface area contributed by atoms with E-state index in [-0.39, 0.29) is 11.3 Å². The molecule has 0 bridgehead atoms. The third-order valence-electron chi connectivity index (χ3n) is 3.57. The molecule has 7 heteroatoms. The summed E-state index contributed by atoms with van der Waals surface area (Å²) in [6.45, 7) is 0. The Balaban J connectivity index is 2.03. The fraction of sp³-hybridized carbons (Fsp3) is 0.118. The van der Waals surface area contributed by atoms with E-state index in [1.807, 2.05) is 0 Å². The largest absolute Gasteiger partial charge is 0.497 e. The molecule has 1 heterocycles. The second-order valence-corrected chi connectivity index (χ2v) is 4.97. The number of aromatic amines is 1. The van der Waals surface area contributed by atoms with E-state index >= 15 is 0 Å². The molecule has 0 saturated heterocycles. The summed E-state index contributed by atoms with van der Waals surface area (Å²) in [6.07, 6.45) is 0. The molecule has 2 aromatic carbocycles. The molecule has 3 rings (SSSR count). The molecule has 0 aliphatic heterocycles. The molecule has 0 spiro atoms. The molecule has 0 unspecified atom stereocenters. The van der Waals surface area contributed by atoms with Gasteiger partial charge in [-0.25, -0.2) is 5.10 Å². The molecular weight excluding hydrogens is 310 g/mol. The van der Waals surface area contributed by atoms with Crippen LogP contribution < -0.4 is 20.3 Å². The normalized spacial score (nSPS) is 10.4. The van der Waals surface area contributed by atoms with Gasteiger partial charge in [0.1, 0.15) is 11.5 Å². The first-order chi connectivity index (χ1) is 11.6. The second-order valence-electron chi connectivity index (χ2n) is 4.97. The van der Waals surface area contributed by atoms with Gasteiger partial charge < -0.3 is 14.8 Å². The van der Waals surface area contributed by atoms with Crippen molar-refractivity contribution in [3.63, 3.8) is 0 Å². The van der Waals surface area contributed by atoms with Crippen LogP contribution in [-0.2, 0) is 0 Å². The molecule has 0 fully saturated rings. The van der Waals surface area contributed by atoms with E-state index in [0.29, 0.717) is 28.0 Å². The number of H-pyrrole nitrogens is 1. The third-order valence-corrected chi connectivity index (χ3v) is 3.57. The molecule has 0 radical (unpaired) electrons. The highest BCUT2D eigenvalue weighted by molar-refractivity contribution is 6.11. The first-order valence-corrected chi connectivity index (χ1v) is 7.15. The Labute approximate surface area is 137 Å². The lowest BCUT2D eigenvalue weighted by molar-refractivity contribution is 0.102. The Hall–Kier alpha value is -3.35. The van der Waals surface area contributed by atoms with Crippen LogP contribution in [0.25, 0.3) is 10.8 Å². The monoisotopic (exact) mass is 325 g/mol. The summed E-state index contributed by atoms with van der Waals surface area (Å²) in [5.74, 6) is 0.595. The standard InChI is InChI=1S/C17H15N3O4/c1-23-10-7-8-14(24-2)13(9-10)18-17(22)15-11-5-3-4-6-12(11)16(21)20-19-15/h3-9H,1-2H3,(H,18,22)(H,20,21). The van der Waals surface area contributed by atoms with Crippen LogP contribution in [0.15, 0.2) is 47.3 Å². The fourth-order valence-corrected chi connectivity index (χ4v) is 2.38. The van der Waals surface area contributed by atoms with Gasteiger partial charge in [-0.05, 0) is 18.2 Å². The third kappa shape index (κ3) is 2.79. The summed E-state index contributed by atoms with van der Waals surface area (Å²) in [5.41, 5.74) is 0.218. The van der Waals surface area contributed by atoms with E-state index < -0.39 is 5.91 Å². The zero-order valence-corrected chi connectivity index (χ0v) is 13.1. The van der Waals surface area contributed by atoms with E-state index in [9.17, 15) is 9.59 Å². The summed E-state index contributed by atoms with van der Waals surface area (Å²) in [5, 5.41) is 9.82. The van der Waals surface area contributed by atoms with Gasteiger partial charge in [-0.2, -0.15) is 5.10 Å². The Bertz CT molecular complexity index is 965. The van der Waals surface area contributed by atoms with Gasteiger partial charge in [-0.3, -0.25) is 9.59 Å². The molecule has 3 aromatic rings. The highest BCUT2D eigenvalue weighted by atomic mass is 16.5. The summed E-state index contributed by atoms with van der Waals surface area (Å²) in [4.78, 5) is 24.4. The predicted octanol–water partition coefficient (Wildman–Crippen LogP) is 2.19. The zero-order valence-electron chi connectivity index (χ0n) is 13.1. The number of rotatable bonds is 4. The lowest BCUT2D eigenvalue weighted by Crippen LogP contribution is -2.19. The van der Waals surface area contributed by atoms with E-state index in [1.165, 1.54) is 14.2 Å². The smallest absolute Gasteiger partial charge is 0.276 e. The zero-order chi connectivity index (χ0) is 17.1. The predicted molar refractivity (Wildman–Crippen MR) is 89.9 cm³/mol. The highest BCUT2D eigenvalue weighted by Crippen LogP contribution is 2.29. The van der Waals surface area contributed by atoms with Crippen molar-refractivity contribution >= 4 is 22.4 Å². The van der Waals surface area contributed by atoms with Crippen LogP contribution in [-0.4, -0.2) is 30.3 Å². The van der Waals surface area contributed by atoms with Gasteiger partial charge in [-0.1, -0.05) is 18.2 Å². The topological polar surface area (TPSA) is 93.3 Å². The van der Waals surface area contributed by atoms with Crippen LogP contribution in [0.1, 0.15) is 10.5 Å². The van der Waals surface area contributed by atoms with Gasteiger partial charge in [0.15, 0.2) is 5.69 Å². The first kappa shape index (κ1) is 15.5. The number of aromatic nitrogens is 2. The van der Waals surface area contributed by atoms with Crippen LogP contribution in [0.3, 0.4) is 0 Å². The number of carbonyl (C=O) groups is 1. The van der Waals surface area contributed by atoms with Gasteiger partial charge in [0.2, 0.25) is 0 Å². The summed E-state index contributed by atoms with van der Waals surface area (Å²) < 4.78 is 10.4. The second kappa shape index (κ2) is 6.41. The van der Waals surface area contributed by atoms with E-state index in [2.05, 4.69) is 15.5 Å². The van der Waals surface area contributed by atoms with Gasteiger partial charge in [0, 0.05) is 11.5 Å². The lowest BCUT2D eigenvalue weighted by atomic mass is 10.1. The number of hydrogen-bond donors (Lipinski definition) is 2. The highest BCUT2D eigenvalue weighted by Gasteiger charge is 2.16. The summed E-state index contributed by atoms with van der Waals surface area (Å²) >= 11 is 0. The van der Waals surface area contributed by atoms with Crippen LogP contribution in [0.5, 0.6) is 11.5 Å². The number of carbonyl (C=O) groups excluding carboxylic acids is 1.